The van der Waals surface area contributed by atoms with Crippen molar-refractivity contribution in [3.8, 4) is 5.75 Å². The summed E-state index contributed by atoms with van der Waals surface area (Å²) in [4.78, 5) is 24.1. The molecule has 4 unspecified atom stereocenters. The molecule has 0 spiro atoms. The Morgan fingerprint density at radius 1 is 1.28 bits per heavy atom. The van der Waals surface area contributed by atoms with E-state index >= 15 is 0 Å². The van der Waals surface area contributed by atoms with E-state index in [0.717, 1.165) is 0 Å². The van der Waals surface area contributed by atoms with Gasteiger partial charge in [-0.15, -0.1) is 0 Å². The highest BCUT2D eigenvalue weighted by molar-refractivity contribution is 7.80. The van der Waals surface area contributed by atoms with Gasteiger partial charge < -0.3 is 25.8 Å². The van der Waals surface area contributed by atoms with Gasteiger partial charge in [0.05, 0.1) is 23.3 Å². The summed E-state index contributed by atoms with van der Waals surface area (Å²) in [5.41, 5.74) is 6.46. The zero-order valence-corrected chi connectivity index (χ0v) is 17.1. The van der Waals surface area contributed by atoms with E-state index in [-0.39, 0.29) is 23.3 Å². The number of hydrogen-bond donors (Lipinski definition) is 5. The van der Waals surface area contributed by atoms with Crippen molar-refractivity contribution in [2.24, 2.45) is 22.7 Å². The van der Waals surface area contributed by atoms with Crippen molar-refractivity contribution in [1.29, 1.82) is 0 Å². The molecule has 9 nitrogen and oxygen atoms in total. The fraction of sp³-hybridized carbons (Fsp3) is 0.474. The lowest BCUT2D eigenvalue weighted by molar-refractivity contribution is -0.156. The van der Waals surface area contributed by atoms with Gasteiger partial charge in [0.1, 0.15) is 11.7 Å². The lowest BCUT2D eigenvalue weighted by atomic mass is 9.61. The lowest BCUT2D eigenvalue weighted by Gasteiger charge is -2.44. The SMILES string of the molecule is CC(C)Oc1ccc(C2C(C(=O)O)C(=NNC(N)=S)CC(C)(O)C2C(=O)O)cc1. The molecule has 0 radical (unpaired) electrons. The van der Waals surface area contributed by atoms with Crippen molar-refractivity contribution >= 4 is 35.0 Å². The van der Waals surface area contributed by atoms with Crippen LogP contribution in [0.4, 0.5) is 0 Å². The highest BCUT2D eigenvalue weighted by Gasteiger charge is 2.55. The second kappa shape index (κ2) is 8.75. The van der Waals surface area contributed by atoms with Crippen molar-refractivity contribution in [3.63, 3.8) is 0 Å². The molecule has 10 heteroatoms. The van der Waals surface area contributed by atoms with Crippen LogP contribution in [-0.2, 0) is 9.59 Å². The van der Waals surface area contributed by atoms with Crippen LogP contribution in [0.25, 0.3) is 0 Å². The van der Waals surface area contributed by atoms with Crippen LogP contribution in [0, 0.1) is 11.8 Å². The first kappa shape index (κ1) is 22.6. The van der Waals surface area contributed by atoms with Crippen LogP contribution >= 0.6 is 12.2 Å². The highest BCUT2D eigenvalue weighted by atomic mass is 32.1. The van der Waals surface area contributed by atoms with Gasteiger partial charge in [-0.05, 0) is 50.7 Å². The maximum absolute atomic E-state index is 12.1. The molecule has 1 aromatic rings. The number of carbonyl (C=O) groups is 2. The van der Waals surface area contributed by atoms with Crippen LogP contribution < -0.4 is 15.9 Å². The first-order valence-electron chi connectivity index (χ1n) is 9.00. The minimum Gasteiger partial charge on any atom is -0.491 e. The first-order valence-corrected chi connectivity index (χ1v) is 9.41. The van der Waals surface area contributed by atoms with E-state index in [1.54, 1.807) is 24.3 Å². The topological polar surface area (TPSA) is 154 Å². The van der Waals surface area contributed by atoms with Gasteiger partial charge >= 0.3 is 11.9 Å². The van der Waals surface area contributed by atoms with E-state index < -0.39 is 35.3 Å². The molecule has 1 aromatic carbocycles. The number of benzene rings is 1. The Morgan fingerprint density at radius 3 is 2.31 bits per heavy atom. The molecule has 1 aliphatic carbocycles. The fourth-order valence-corrected chi connectivity index (χ4v) is 3.80. The molecule has 1 fully saturated rings. The summed E-state index contributed by atoms with van der Waals surface area (Å²) in [5.74, 6) is -5.74. The summed E-state index contributed by atoms with van der Waals surface area (Å²) in [6.45, 7) is 5.08. The molecule has 0 heterocycles. The minimum atomic E-state index is -1.74. The number of aliphatic hydroxyl groups is 1. The van der Waals surface area contributed by atoms with E-state index in [9.17, 15) is 24.9 Å². The van der Waals surface area contributed by atoms with Crippen molar-refractivity contribution in [1.82, 2.24) is 5.43 Å². The summed E-state index contributed by atoms with van der Waals surface area (Å²) in [7, 11) is 0. The van der Waals surface area contributed by atoms with Crippen LogP contribution in [0.5, 0.6) is 5.75 Å². The van der Waals surface area contributed by atoms with Crippen molar-refractivity contribution in [2.45, 2.75) is 44.8 Å². The zero-order chi connectivity index (χ0) is 21.9. The molecular formula is C19H25N3O6S. The number of rotatable bonds is 6. The number of nitrogens with two attached hydrogens (primary N) is 1. The summed E-state index contributed by atoms with van der Waals surface area (Å²) >= 11 is 4.70. The minimum absolute atomic E-state index is 0.0558. The zero-order valence-electron chi connectivity index (χ0n) is 16.3. The van der Waals surface area contributed by atoms with Crippen molar-refractivity contribution < 1.29 is 29.6 Å². The number of aliphatic carboxylic acids is 2. The lowest BCUT2D eigenvalue weighted by Crippen LogP contribution is -2.55. The average Bonchev–Trinajstić information content (AvgIpc) is 2.57. The largest absolute Gasteiger partial charge is 0.491 e. The van der Waals surface area contributed by atoms with E-state index in [1.165, 1.54) is 6.92 Å². The molecule has 0 saturated heterocycles. The predicted molar refractivity (Wildman–Crippen MR) is 110 cm³/mol. The van der Waals surface area contributed by atoms with Gasteiger partial charge in [0.15, 0.2) is 5.11 Å². The quantitative estimate of drug-likeness (QED) is 0.336. The van der Waals surface area contributed by atoms with Crippen molar-refractivity contribution in [3.05, 3.63) is 29.8 Å². The molecule has 1 aliphatic rings. The number of hydrazone groups is 1. The van der Waals surface area contributed by atoms with Gasteiger partial charge in [-0.3, -0.25) is 15.0 Å². The maximum atomic E-state index is 12.1. The molecule has 6 N–H and O–H groups in total. The van der Waals surface area contributed by atoms with Gasteiger partial charge in [-0.2, -0.15) is 5.10 Å². The number of carboxylic acid groups (broad SMARTS) is 2. The third kappa shape index (κ3) is 5.21. The Hall–Kier alpha value is -2.72. The predicted octanol–water partition coefficient (Wildman–Crippen LogP) is 1.30. The van der Waals surface area contributed by atoms with Gasteiger partial charge in [0.25, 0.3) is 0 Å². The van der Waals surface area contributed by atoms with E-state index in [0.29, 0.717) is 11.3 Å². The monoisotopic (exact) mass is 423 g/mol. The molecule has 0 amide bonds. The van der Waals surface area contributed by atoms with Crippen LogP contribution in [0.15, 0.2) is 29.4 Å². The van der Waals surface area contributed by atoms with Crippen LogP contribution in [0.3, 0.4) is 0 Å². The fourth-order valence-electron chi connectivity index (χ4n) is 3.75. The third-order valence-corrected chi connectivity index (χ3v) is 4.86. The van der Waals surface area contributed by atoms with E-state index in [2.05, 4.69) is 10.5 Å². The summed E-state index contributed by atoms with van der Waals surface area (Å²) < 4.78 is 5.59. The Labute approximate surface area is 173 Å². The maximum Gasteiger partial charge on any atom is 0.312 e. The summed E-state index contributed by atoms with van der Waals surface area (Å²) in [5, 5.41) is 34.3. The van der Waals surface area contributed by atoms with Gasteiger partial charge in [-0.1, -0.05) is 12.1 Å². The number of nitrogens with zero attached hydrogens (tertiary/aromatic N) is 1. The number of carboxylic acids is 2. The standard InChI is InChI=1S/C19H25N3O6S/c1-9(2)28-11-6-4-10(5-7-11)13-14(16(23)24)12(21-22-18(20)29)8-19(3,27)15(13)17(25)26/h4-7,9,13-15,27H,8H2,1-3H3,(H,23,24)(H,25,26)(H3,20,22,29). The molecule has 0 bridgehead atoms. The molecule has 0 aliphatic heterocycles. The van der Waals surface area contributed by atoms with Crippen LogP contribution in [0.2, 0.25) is 0 Å². The Kier molecular flexibility index (Phi) is 6.81. The number of ether oxygens (including phenoxy) is 1. The number of thiocarbonyl (C=S) groups is 1. The molecular weight excluding hydrogens is 398 g/mol. The smallest absolute Gasteiger partial charge is 0.312 e. The Morgan fingerprint density at radius 2 is 1.86 bits per heavy atom. The molecule has 158 valence electrons. The van der Waals surface area contributed by atoms with E-state index in [1.807, 2.05) is 13.8 Å². The second-order valence-corrected chi connectivity index (χ2v) is 7.95. The second-order valence-electron chi connectivity index (χ2n) is 7.51. The normalized spacial score (nSPS) is 28.2. The van der Waals surface area contributed by atoms with Gasteiger partial charge in [0, 0.05) is 12.3 Å². The van der Waals surface area contributed by atoms with Crippen LogP contribution in [0.1, 0.15) is 38.7 Å². The highest BCUT2D eigenvalue weighted by Crippen LogP contribution is 2.46. The van der Waals surface area contributed by atoms with Gasteiger partial charge in [-0.25, -0.2) is 0 Å². The molecule has 2 rings (SSSR count). The average molecular weight is 423 g/mol. The Bertz CT molecular complexity index is 822. The number of hydrogen-bond acceptors (Lipinski definition) is 6. The molecule has 4 atom stereocenters. The van der Waals surface area contributed by atoms with Crippen molar-refractivity contribution in [2.75, 3.05) is 0 Å². The van der Waals surface area contributed by atoms with E-state index in [4.69, 9.17) is 22.7 Å². The summed E-state index contributed by atoms with van der Waals surface area (Å²) in [6.07, 6.45) is -0.318. The molecule has 29 heavy (non-hydrogen) atoms. The third-order valence-electron chi connectivity index (χ3n) is 4.76. The van der Waals surface area contributed by atoms with Gasteiger partial charge in [0.2, 0.25) is 0 Å². The first-order chi connectivity index (χ1) is 13.4. The Balaban J connectivity index is 2.59. The summed E-state index contributed by atoms with van der Waals surface area (Å²) in [6, 6.07) is 6.49. The number of nitrogens with one attached hydrogen (secondary N) is 1. The molecule has 1 saturated carbocycles. The van der Waals surface area contributed by atoms with Crippen LogP contribution in [-0.4, -0.2) is 49.8 Å². The molecule has 0 aromatic heterocycles.